The lowest BCUT2D eigenvalue weighted by molar-refractivity contribution is -0.129. The van der Waals surface area contributed by atoms with E-state index < -0.39 is 0 Å². The smallest absolute Gasteiger partial charge is 0.238 e. The van der Waals surface area contributed by atoms with Crippen molar-refractivity contribution in [3.8, 4) is 11.5 Å². The lowest BCUT2D eigenvalue weighted by atomic mass is 9.94. The molecule has 27 heavy (non-hydrogen) atoms. The number of methoxy groups -OCH3 is 2. The van der Waals surface area contributed by atoms with E-state index in [-0.39, 0.29) is 23.3 Å². The number of amides is 2. The van der Waals surface area contributed by atoms with Crippen LogP contribution in [0.4, 0.5) is 5.69 Å². The molecular formula is C20H31N3O4. The summed E-state index contributed by atoms with van der Waals surface area (Å²) in [4.78, 5) is 26.6. The summed E-state index contributed by atoms with van der Waals surface area (Å²) in [6.45, 7) is 7.61. The van der Waals surface area contributed by atoms with Gasteiger partial charge in [0, 0.05) is 30.6 Å². The highest BCUT2D eigenvalue weighted by molar-refractivity contribution is 5.93. The molecule has 150 valence electrons. The monoisotopic (exact) mass is 377 g/mol. The quantitative estimate of drug-likeness (QED) is 0.795. The van der Waals surface area contributed by atoms with Gasteiger partial charge in [0.2, 0.25) is 11.8 Å². The Morgan fingerprint density at radius 1 is 1.15 bits per heavy atom. The van der Waals surface area contributed by atoms with Crippen molar-refractivity contribution in [2.24, 2.45) is 5.41 Å². The Hall–Kier alpha value is -2.28. The van der Waals surface area contributed by atoms with E-state index in [1.807, 2.05) is 20.8 Å². The number of benzene rings is 1. The molecule has 7 nitrogen and oxygen atoms in total. The summed E-state index contributed by atoms with van der Waals surface area (Å²) in [6, 6.07) is 5.46. The Kier molecular flexibility index (Phi) is 7.07. The summed E-state index contributed by atoms with van der Waals surface area (Å²) < 4.78 is 10.5. The minimum atomic E-state index is -0.381. The molecule has 0 saturated carbocycles. The number of hydrogen-bond donors (Lipinski definition) is 2. The molecule has 0 unspecified atom stereocenters. The maximum Gasteiger partial charge on any atom is 0.238 e. The van der Waals surface area contributed by atoms with Gasteiger partial charge in [0.25, 0.3) is 0 Å². The SMILES string of the molecule is COc1ccc(NC(=O)CN2CCC(NC(=O)C(C)(C)C)CC2)c(OC)c1. The van der Waals surface area contributed by atoms with E-state index in [1.54, 1.807) is 32.4 Å². The number of piperidine rings is 1. The first-order valence-corrected chi connectivity index (χ1v) is 9.28. The lowest BCUT2D eigenvalue weighted by Gasteiger charge is -2.33. The van der Waals surface area contributed by atoms with Crippen molar-refractivity contribution in [2.75, 3.05) is 39.2 Å². The van der Waals surface area contributed by atoms with Crippen LogP contribution >= 0.6 is 0 Å². The highest BCUT2D eigenvalue weighted by Gasteiger charge is 2.27. The second-order valence-electron chi connectivity index (χ2n) is 7.89. The molecule has 0 bridgehead atoms. The standard InChI is InChI=1S/C20H31N3O4/c1-20(2,3)19(25)21-14-8-10-23(11-9-14)13-18(24)22-16-7-6-15(26-4)12-17(16)27-5/h6-7,12,14H,8-11,13H2,1-5H3,(H,21,25)(H,22,24). The molecule has 1 fully saturated rings. The van der Waals surface area contributed by atoms with Gasteiger partial charge in [0.1, 0.15) is 11.5 Å². The van der Waals surface area contributed by atoms with Crippen LogP contribution in [0.15, 0.2) is 18.2 Å². The van der Waals surface area contributed by atoms with Crippen LogP contribution in [0.2, 0.25) is 0 Å². The fraction of sp³-hybridized carbons (Fsp3) is 0.600. The first-order chi connectivity index (χ1) is 12.7. The van der Waals surface area contributed by atoms with E-state index >= 15 is 0 Å². The van der Waals surface area contributed by atoms with Crippen LogP contribution in [0.1, 0.15) is 33.6 Å². The van der Waals surface area contributed by atoms with Gasteiger partial charge in [-0.25, -0.2) is 0 Å². The molecular weight excluding hydrogens is 346 g/mol. The van der Waals surface area contributed by atoms with Gasteiger partial charge in [-0.05, 0) is 25.0 Å². The first kappa shape index (κ1) is 21.0. The molecule has 1 aromatic carbocycles. The van der Waals surface area contributed by atoms with E-state index in [2.05, 4.69) is 15.5 Å². The van der Waals surface area contributed by atoms with Gasteiger partial charge >= 0.3 is 0 Å². The fourth-order valence-corrected chi connectivity index (χ4v) is 2.93. The zero-order valence-corrected chi connectivity index (χ0v) is 16.9. The minimum Gasteiger partial charge on any atom is -0.497 e. The Bertz CT molecular complexity index is 662. The molecule has 2 N–H and O–H groups in total. The average molecular weight is 377 g/mol. The Balaban J connectivity index is 1.82. The second-order valence-corrected chi connectivity index (χ2v) is 7.89. The molecule has 1 aromatic rings. The Labute approximate surface area is 161 Å². The highest BCUT2D eigenvalue weighted by Crippen LogP contribution is 2.29. The summed E-state index contributed by atoms with van der Waals surface area (Å²) in [7, 11) is 3.14. The molecule has 2 rings (SSSR count). The molecule has 0 aliphatic carbocycles. The third-order valence-electron chi connectivity index (χ3n) is 4.65. The molecule has 0 atom stereocenters. The Morgan fingerprint density at radius 3 is 2.37 bits per heavy atom. The summed E-state index contributed by atoms with van der Waals surface area (Å²) in [5.74, 6) is 1.22. The van der Waals surface area contributed by atoms with E-state index in [0.29, 0.717) is 23.7 Å². The normalized spacial score (nSPS) is 15.9. The van der Waals surface area contributed by atoms with Gasteiger partial charge < -0.3 is 20.1 Å². The van der Waals surface area contributed by atoms with Crippen molar-refractivity contribution in [1.82, 2.24) is 10.2 Å². The Morgan fingerprint density at radius 2 is 1.81 bits per heavy atom. The maximum absolute atomic E-state index is 12.4. The number of likely N-dealkylation sites (tertiary alicyclic amines) is 1. The topological polar surface area (TPSA) is 79.9 Å². The number of hydrogen-bond acceptors (Lipinski definition) is 5. The summed E-state index contributed by atoms with van der Waals surface area (Å²) in [5, 5.41) is 6.00. The van der Waals surface area contributed by atoms with E-state index in [9.17, 15) is 9.59 Å². The number of ether oxygens (including phenoxy) is 2. The van der Waals surface area contributed by atoms with Gasteiger partial charge in [-0.15, -0.1) is 0 Å². The number of nitrogens with zero attached hydrogens (tertiary/aromatic N) is 1. The van der Waals surface area contributed by atoms with Crippen molar-refractivity contribution in [1.29, 1.82) is 0 Å². The number of anilines is 1. The predicted octanol–water partition coefficient (Wildman–Crippen LogP) is 2.27. The van der Waals surface area contributed by atoms with E-state index in [1.165, 1.54) is 0 Å². The van der Waals surface area contributed by atoms with Gasteiger partial charge in [-0.2, -0.15) is 0 Å². The molecule has 1 aliphatic heterocycles. The maximum atomic E-state index is 12.4. The molecule has 0 spiro atoms. The average Bonchev–Trinajstić information content (AvgIpc) is 2.62. The molecule has 7 heteroatoms. The zero-order chi connectivity index (χ0) is 20.0. The van der Waals surface area contributed by atoms with Gasteiger partial charge in [-0.1, -0.05) is 20.8 Å². The van der Waals surface area contributed by atoms with E-state index in [4.69, 9.17) is 9.47 Å². The van der Waals surface area contributed by atoms with Crippen molar-refractivity contribution in [3.63, 3.8) is 0 Å². The van der Waals surface area contributed by atoms with Crippen LogP contribution in [-0.2, 0) is 9.59 Å². The summed E-state index contributed by atoms with van der Waals surface area (Å²) in [5.41, 5.74) is 0.240. The van der Waals surface area contributed by atoms with Crippen LogP contribution in [0.3, 0.4) is 0 Å². The van der Waals surface area contributed by atoms with Crippen LogP contribution in [0.25, 0.3) is 0 Å². The largest absolute Gasteiger partial charge is 0.497 e. The third-order valence-corrected chi connectivity index (χ3v) is 4.65. The van der Waals surface area contributed by atoms with E-state index in [0.717, 1.165) is 25.9 Å². The van der Waals surface area contributed by atoms with Crippen LogP contribution < -0.4 is 20.1 Å². The lowest BCUT2D eigenvalue weighted by Crippen LogP contribution is -2.48. The zero-order valence-electron chi connectivity index (χ0n) is 16.9. The van der Waals surface area contributed by atoms with Crippen molar-refractivity contribution >= 4 is 17.5 Å². The minimum absolute atomic E-state index is 0.0743. The van der Waals surface area contributed by atoms with Crippen molar-refractivity contribution < 1.29 is 19.1 Å². The van der Waals surface area contributed by atoms with Crippen molar-refractivity contribution in [3.05, 3.63) is 18.2 Å². The number of carbonyl (C=O) groups excluding carboxylic acids is 2. The molecule has 1 saturated heterocycles. The van der Waals surface area contributed by atoms with Crippen molar-refractivity contribution in [2.45, 2.75) is 39.7 Å². The molecule has 2 amide bonds. The number of rotatable bonds is 6. The molecule has 0 aromatic heterocycles. The molecule has 0 radical (unpaired) electrons. The molecule has 1 heterocycles. The molecule has 1 aliphatic rings. The highest BCUT2D eigenvalue weighted by atomic mass is 16.5. The van der Waals surface area contributed by atoms with Crippen LogP contribution in [-0.4, -0.2) is 56.6 Å². The van der Waals surface area contributed by atoms with Gasteiger partial charge in [0.15, 0.2) is 0 Å². The summed E-state index contributed by atoms with van der Waals surface area (Å²) >= 11 is 0. The number of carbonyl (C=O) groups is 2. The number of nitrogens with one attached hydrogen (secondary N) is 2. The van der Waals surface area contributed by atoms with Gasteiger partial charge in [0.05, 0.1) is 26.5 Å². The van der Waals surface area contributed by atoms with Crippen LogP contribution in [0.5, 0.6) is 11.5 Å². The fourth-order valence-electron chi connectivity index (χ4n) is 2.93. The summed E-state index contributed by atoms with van der Waals surface area (Å²) in [6.07, 6.45) is 1.70. The second kappa shape index (κ2) is 9.08. The first-order valence-electron chi connectivity index (χ1n) is 9.28. The van der Waals surface area contributed by atoms with Crippen LogP contribution in [0, 0.1) is 5.41 Å². The van der Waals surface area contributed by atoms with Gasteiger partial charge in [-0.3, -0.25) is 14.5 Å². The predicted molar refractivity (Wildman–Crippen MR) is 105 cm³/mol. The third kappa shape index (κ3) is 6.13.